The Hall–Kier alpha value is -3.73. The van der Waals surface area contributed by atoms with Crippen LogP contribution in [0.3, 0.4) is 0 Å². The first-order valence-corrected chi connectivity index (χ1v) is 10.6. The summed E-state index contributed by atoms with van der Waals surface area (Å²) in [6.45, 7) is 3.71. The van der Waals surface area contributed by atoms with Gasteiger partial charge in [0.25, 0.3) is 5.91 Å². The van der Waals surface area contributed by atoms with Crippen LogP contribution in [0, 0.1) is 0 Å². The topological polar surface area (TPSA) is 48.7 Å². The summed E-state index contributed by atoms with van der Waals surface area (Å²) in [6, 6.07) is 25.6. The van der Waals surface area contributed by atoms with Crippen LogP contribution in [0.1, 0.15) is 15.9 Å². The molecule has 2 heterocycles. The summed E-state index contributed by atoms with van der Waals surface area (Å²) >= 11 is 0. The number of fused-ring (bicyclic) bond motifs is 1. The van der Waals surface area contributed by atoms with Gasteiger partial charge in [0.15, 0.2) is 0 Å². The van der Waals surface area contributed by atoms with Gasteiger partial charge in [0.2, 0.25) is 0 Å². The van der Waals surface area contributed by atoms with E-state index in [2.05, 4.69) is 39.9 Å². The third kappa shape index (κ3) is 3.87. The number of anilines is 1. The lowest BCUT2D eigenvalue weighted by Crippen LogP contribution is -2.48. The number of amides is 1. The summed E-state index contributed by atoms with van der Waals surface area (Å²) in [5.74, 6) is 0.360. The molecule has 5 nitrogen and oxygen atoms in total. The molecular weight excluding hydrogens is 386 g/mol. The van der Waals surface area contributed by atoms with Crippen molar-refractivity contribution in [2.75, 3.05) is 31.1 Å². The Morgan fingerprint density at radius 1 is 0.806 bits per heavy atom. The van der Waals surface area contributed by atoms with Crippen molar-refractivity contribution in [2.45, 2.75) is 6.54 Å². The summed E-state index contributed by atoms with van der Waals surface area (Å²) < 4.78 is 2.20. The minimum Gasteiger partial charge on any atom is -0.508 e. The monoisotopic (exact) mass is 411 g/mol. The highest BCUT2D eigenvalue weighted by atomic mass is 16.3. The predicted octanol–water partition coefficient (Wildman–Crippen LogP) is 4.36. The van der Waals surface area contributed by atoms with Gasteiger partial charge in [-0.25, -0.2) is 0 Å². The maximum Gasteiger partial charge on any atom is 0.254 e. The molecule has 3 aromatic carbocycles. The highest BCUT2D eigenvalue weighted by Gasteiger charge is 2.24. The molecule has 0 aliphatic carbocycles. The number of hydrogen-bond donors (Lipinski definition) is 1. The average Bonchev–Trinajstić information content (AvgIpc) is 3.23. The van der Waals surface area contributed by atoms with Crippen LogP contribution in [0.5, 0.6) is 5.75 Å². The number of phenols is 1. The zero-order valence-electron chi connectivity index (χ0n) is 17.3. The lowest BCUT2D eigenvalue weighted by atomic mass is 10.1. The highest BCUT2D eigenvalue weighted by molar-refractivity contribution is 6.06. The third-order valence-corrected chi connectivity index (χ3v) is 6.02. The Morgan fingerprint density at radius 2 is 1.55 bits per heavy atom. The van der Waals surface area contributed by atoms with Gasteiger partial charge in [0, 0.05) is 61.1 Å². The van der Waals surface area contributed by atoms with E-state index in [9.17, 15) is 9.90 Å². The van der Waals surface area contributed by atoms with Gasteiger partial charge in [0.05, 0.1) is 0 Å². The normalized spacial score (nSPS) is 14.2. The second kappa shape index (κ2) is 8.19. The molecule has 31 heavy (non-hydrogen) atoms. The smallest absolute Gasteiger partial charge is 0.254 e. The van der Waals surface area contributed by atoms with Crippen molar-refractivity contribution >= 4 is 22.5 Å². The molecule has 1 fully saturated rings. The van der Waals surface area contributed by atoms with Gasteiger partial charge < -0.3 is 19.5 Å². The SMILES string of the molecule is O=C(c1cccc2c1ccn2Cc1ccccc1)N1CCN(c2ccc(O)cc2)CC1. The summed E-state index contributed by atoms with van der Waals surface area (Å²) in [5.41, 5.74) is 4.16. The van der Waals surface area contributed by atoms with Gasteiger partial charge in [0.1, 0.15) is 5.75 Å². The highest BCUT2D eigenvalue weighted by Crippen LogP contribution is 2.24. The number of aromatic hydroxyl groups is 1. The van der Waals surface area contributed by atoms with E-state index < -0.39 is 0 Å². The van der Waals surface area contributed by atoms with E-state index in [1.807, 2.05) is 47.4 Å². The number of piperazine rings is 1. The molecule has 0 unspecified atom stereocenters. The van der Waals surface area contributed by atoms with Crippen LogP contribution in [-0.2, 0) is 6.54 Å². The maximum atomic E-state index is 13.3. The number of carbonyl (C=O) groups is 1. The molecule has 0 radical (unpaired) electrons. The summed E-state index contributed by atoms with van der Waals surface area (Å²) in [6.07, 6.45) is 2.07. The minimum absolute atomic E-state index is 0.0911. The predicted molar refractivity (Wildman–Crippen MR) is 124 cm³/mol. The maximum absolute atomic E-state index is 13.3. The number of hydrogen-bond acceptors (Lipinski definition) is 3. The molecule has 1 aliphatic heterocycles. The van der Waals surface area contributed by atoms with E-state index >= 15 is 0 Å². The van der Waals surface area contributed by atoms with Crippen LogP contribution >= 0.6 is 0 Å². The van der Waals surface area contributed by atoms with Gasteiger partial charge in [-0.15, -0.1) is 0 Å². The zero-order valence-corrected chi connectivity index (χ0v) is 17.3. The van der Waals surface area contributed by atoms with E-state index in [-0.39, 0.29) is 11.7 Å². The number of nitrogens with zero attached hydrogens (tertiary/aromatic N) is 3. The summed E-state index contributed by atoms with van der Waals surface area (Å²) in [7, 11) is 0. The Morgan fingerprint density at radius 3 is 2.29 bits per heavy atom. The third-order valence-electron chi connectivity index (χ3n) is 6.02. The Balaban J connectivity index is 1.33. The lowest BCUT2D eigenvalue weighted by molar-refractivity contribution is 0.0749. The molecule has 1 aliphatic rings. The van der Waals surface area contributed by atoms with E-state index in [4.69, 9.17) is 0 Å². The summed E-state index contributed by atoms with van der Waals surface area (Å²) in [4.78, 5) is 17.5. The first kappa shape index (κ1) is 19.2. The molecule has 1 N–H and O–H groups in total. The minimum atomic E-state index is 0.0911. The van der Waals surface area contributed by atoms with Crippen LogP contribution in [0.25, 0.3) is 10.9 Å². The van der Waals surface area contributed by atoms with Crippen molar-refractivity contribution < 1.29 is 9.90 Å². The van der Waals surface area contributed by atoms with Crippen molar-refractivity contribution in [1.29, 1.82) is 0 Å². The number of carbonyl (C=O) groups excluding carboxylic acids is 1. The van der Waals surface area contributed by atoms with Crippen molar-refractivity contribution in [3.8, 4) is 5.75 Å². The van der Waals surface area contributed by atoms with Crippen LogP contribution in [0.2, 0.25) is 0 Å². The molecule has 5 rings (SSSR count). The molecule has 0 bridgehead atoms. The molecule has 1 aromatic heterocycles. The Bertz CT molecular complexity index is 1190. The Kier molecular flexibility index (Phi) is 5.08. The molecule has 0 saturated carbocycles. The van der Waals surface area contributed by atoms with E-state index in [0.717, 1.165) is 41.8 Å². The molecule has 156 valence electrons. The van der Waals surface area contributed by atoms with Gasteiger partial charge >= 0.3 is 0 Å². The lowest BCUT2D eigenvalue weighted by Gasteiger charge is -2.36. The van der Waals surface area contributed by atoms with Crippen molar-refractivity contribution in [1.82, 2.24) is 9.47 Å². The van der Waals surface area contributed by atoms with Gasteiger partial charge in [-0.05, 0) is 48.0 Å². The number of phenolic OH excluding ortho intramolecular Hbond substituents is 1. The van der Waals surface area contributed by atoms with Crippen LogP contribution in [0.4, 0.5) is 5.69 Å². The van der Waals surface area contributed by atoms with Gasteiger partial charge in [-0.1, -0.05) is 36.4 Å². The molecule has 4 aromatic rings. The molecule has 0 atom stereocenters. The van der Waals surface area contributed by atoms with Crippen LogP contribution in [0.15, 0.2) is 85.1 Å². The second-order valence-electron chi connectivity index (χ2n) is 7.96. The van der Waals surface area contributed by atoms with Crippen molar-refractivity contribution in [2.24, 2.45) is 0 Å². The second-order valence-corrected chi connectivity index (χ2v) is 7.96. The average molecular weight is 412 g/mol. The fourth-order valence-corrected chi connectivity index (χ4v) is 4.33. The van der Waals surface area contributed by atoms with Crippen LogP contribution < -0.4 is 4.90 Å². The van der Waals surface area contributed by atoms with E-state index in [1.165, 1.54) is 5.56 Å². The molecule has 5 heteroatoms. The van der Waals surface area contributed by atoms with Crippen molar-refractivity contribution in [3.05, 3.63) is 96.2 Å². The van der Waals surface area contributed by atoms with Crippen molar-refractivity contribution in [3.63, 3.8) is 0 Å². The molecular formula is C26H25N3O2. The van der Waals surface area contributed by atoms with Gasteiger partial charge in [-0.2, -0.15) is 0 Å². The number of rotatable bonds is 4. The first-order valence-electron chi connectivity index (χ1n) is 10.6. The fourth-order valence-electron chi connectivity index (χ4n) is 4.33. The van der Waals surface area contributed by atoms with Gasteiger partial charge in [-0.3, -0.25) is 4.79 Å². The fraction of sp³-hybridized carbons (Fsp3) is 0.192. The molecule has 1 saturated heterocycles. The van der Waals surface area contributed by atoms with E-state index in [0.29, 0.717) is 13.1 Å². The molecule has 0 spiro atoms. The van der Waals surface area contributed by atoms with Crippen LogP contribution in [-0.4, -0.2) is 46.7 Å². The van der Waals surface area contributed by atoms with E-state index in [1.54, 1.807) is 12.1 Å². The quantitative estimate of drug-likeness (QED) is 0.543. The first-order chi connectivity index (χ1) is 15.2. The number of aromatic nitrogens is 1. The zero-order chi connectivity index (χ0) is 21.2. The standard InChI is InChI=1S/C26H25N3O2/c30-22-11-9-21(10-12-22)27-15-17-28(18-16-27)26(31)24-7-4-8-25-23(24)13-14-29(25)19-20-5-2-1-3-6-20/h1-14,30H,15-19H2. The number of benzene rings is 3. The molecule has 1 amide bonds. The largest absolute Gasteiger partial charge is 0.508 e. The summed E-state index contributed by atoms with van der Waals surface area (Å²) in [5, 5.41) is 10.5. The Labute approximate surface area is 181 Å².